The monoisotopic (exact) mass is 271 g/mol. The molecular weight excluding hydrogens is 254 g/mol. The minimum atomic E-state index is -0.231. The lowest BCUT2D eigenvalue weighted by atomic mass is 10.3. The highest BCUT2D eigenvalue weighted by molar-refractivity contribution is 5.79. The molecule has 1 aromatic carbocycles. The Kier molecular flexibility index (Phi) is 3.18. The van der Waals surface area contributed by atoms with Crippen LogP contribution in [0.5, 0.6) is 0 Å². The molecule has 2 aromatic heterocycles. The first-order valence-corrected chi connectivity index (χ1v) is 6.73. The minimum absolute atomic E-state index is 0.231. The van der Waals surface area contributed by atoms with Crippen LogP contribution in [-0.2, 0) is 16.1 Å². The van der Waals surface area contributed by atoms with Gasteiger partial charge in [0.15, 0.2) is 0 Å². The summed E-state index contributed by atoms with van der Waals surface area (Å²) in [6.45, 7) is 4.73. The van der Waals surface area contributed by atoms with Crippen LogP contribution in [0.1, 0.15) is 19.0 Å². The van der Waals surface area contributed by atoms with Gasteiger partial charge in [-0.25, -0.2) is 4.98 Å². The first-order chi connectivity index (χ1) is 9.66. The summed E-state index contributed by atoms with van der Waals surface area (Å²) >= 11 is 0. The molecule has 3 rings (SSSR count). The Balaban J connectivity index is 1.90. The zero-order chi connectivity index (χ0) is 14.1. The van der Waals surface area contributed by atoms with Crippen molar-refractivity contribution in [2.24, 2.45) is 0 Å². The Labute approximate surface area is 116 Å². The number of hydrogen-bond donors (Lipinski definition) is 0. The molecule has 0 bridgehead atoms. The van der Waals surface area contributed by atoms with Crippen LogP contribution in [0.4, 0.5) is 0 Å². The standard InChI is InChI=1S/C15H17N3O2/c1-11-10-18-14-7-4-3-6-13(14)16-15(18)17(11)8-5-9-20-12(2)19/h3-4,6-7,10H,5,8-9H2,1-2H3. The second kappa shape index (κ2) is 5.00. The summed E-state index contributed by atoms with van der Waals surface area (Å²) in [5, 5.41) is 0. The molecule has 20 heavy (non-hydrogen) atoms. The molecule has 0 fully saturated rings. The van der Waals surface area contributed by atoms with Gasteiger partial charge in [0.05, 0.1) is 17.6 Å². The molecule has 0 atom stereocenters. The van der Waals surface area contributed by atoms with E-state index in [0.29, 0.717) is 6.61 Å². The number of esters is 1. The number of nitrogens with zero attached hydrogens (tertiary/aromatic N) is 3. The normalized spacial score (nSPS) is 11.3. The van der Waals surface area contributed by atoms with Crippen molar-refractivity contribution in [3.8, 4) is 0 Å². The Morgan fingerprint density at radius 3 is 2.95 bits per heavy atom. The maximum atomic E-state index is 10.8. The molecule has 3 aromatic rings. The number of carbonyl (C=O) groups excluding carboxylic acids is 1. The number of hydrogen-bond acceptors (Lipinski definition) is 3. The Bertz CT molecular complexity index is 770. The van der Waals surface area contributed by atoms with Crippen LogP contribution in [0, 0.1) is 6.92 Å². The molecule has 5 heteroatoms. The summed E-state index contributed by atoms with van der Waals surface area (Å²) in [5.41, 5.74) is 3.27. The van der Waals surface area contributed by atoms with E-state index in [4.69, 9.17) is 4.74 Å². The SMILES string of the molecule is CC(=O)OCCCn1c(C)cn2c3ccccc3nc12. The van der Waals surface area contributed by atoms with Crippen LogP contribution in [-0.4, -0.2) is 26.5 Å². The van der Waals surface area contributed by atoms with Crippen molar-refractivity contribution < 1.29 is 9.53 Å². The quantitative estimate of drug-likeness (QED) is 0.541. The molecule has 0 saturated heterocycles. The molecule has 5 nitrogen and oxygen atoms in total. The molecule has 0 amide bonds. The Morgan fingerprint density at radius 1 is 1.35 bits per heavy atom. The van der Waals surface area contributed by atoms with Gasteiger partial charge in [0.2, 0.25) is 5.78 Å². The number of ether oxygens (including phenoxy) is 1. The van der Waals surface area contributed by atoms with Gasteiger partial charge in [0.25, 0.3) is 0 Å². The van der Waals surface area contributed by atoms with E-state index in [0.717, 1.165) is 35.5 Å². The predicted molar refractivity (Wildman–Crippen MR) is 76.7 cm³/mol. The molecule has 0 N–H and O–H groups in total. The van der Waals surface area contributed by atoms with E-state index < -0.39 is 0 Å². The lowest BCUT2D eigenvalue weighted by molar-refractivity contribution is -0.141. The average Bonchev–Trinajstić information content (AvgIpc) is 2.91. The molecule has 0 saturated carbocycles. The summed E-state index contributed by atoms with van der Waals surface area (Å²) in [7, 11) is 0. The number of fused-ring (bicyclic) bond motifs is 3. The van der Waals surface area contributed by atoms with Crippen molar-refractivity contribution in [1.82, 2.24) is 14.0 Å². The second-order valence-electron chi connectivity index (χ2n) is 4.89. The van der Waals surface area contributed by atoms with Gasteiger partial charge >= 0.3 is 5.97 Å². The van der Waals surface area contributed by atoms with E-state index in [9.17, 15) is 4.79 Å². The number of aromatic nitrogens is 3. The molecule has 0 aliphatic carbocycles. The van der Waals surface area contributed by atoms with E-state index in [2.05, 4.69) is 33.1 Å². The number of rotatable bonds is 4. The summed E-state index contributed by atoms with van der Waals surface area (Å²) in [4.78, 5) is 15.4. The molecule has 2 heterocycles. The van der Waals surface area contributed by atoms with Gasteiger partial charge < -0.3 is 9.30 Å². The van der Waals surface area contributed by atoms with Gasteiger partial charge in [-0.3, -0.25) is 9.20 Å². The molecule has 104 valence electrons. The van der Waals surface area contributed by atoms with E-state index in [1.807, 2.05) is 18.2 Å². The van der Waals surface area contributed by atoms with Crippen LogP contribution in [0.3, 0.4) is 0 Å². The fourth-order valence-electron chi connectivity index (χ4n) is 2.48. The van der Waals surface area contributed by atoms with E-state index >= 15 is 0 Å². The van der Waals surface area contributed by atoms with Gasteiger partial charge in [-0.15, -0.1) is 0 Å². The third-order valence-corrected chi connectivity index (χ3v) is 3.39. The van der Waals surface area contributed by atoms with Crippen LogP contribution < -0.4 is 0 Å². The topological polar surface area (TPSA) is 48.5 Å². The Morgan fingerprint density at radius 2 is 2.15 bits per heavy atom. The highest BCUT2D eigenvalue weighted by atomic mass is 16.5. The van der Waals surface area contributed by atoms with Gasteiger partial charge in [-0.1, -0.05) is 12.1 Å². The number of para-hydroxylation sites is 2. The van der Waals surface area contributed by atoms with Gasteiger partial charge in [0.1, 0.15) is 0 Å². The highest BCUT2D eigenvalue weighted by Gasteiger charge is 2.11. The fraction of sp³-hybridized carbons (Fsp3) is 0.333. The maximum absolute atomic E-state index is 10.8. The van der Waals surface area contributed by atoms with Crippen molar-refractivity contribution >= 4 is 22.8 Å². The third kappa shape index (κ3) is 2.15. The lowest BCUT2D eigenvalue weighted by Gasteiger charge is -2.05. The van der Waals surface area contributed by atoms with E-state index in [-0.39, 0.29) is 5.97 Å². The molecule has 0 aliphatic heterocycles. The lowest BCUT2D eigenvalue weighted by Crippen LogP contribution is -2.06. The minimum Gasteiger partial charge on any atom is -0.466 e. The predicted octanol–water partition coefficient (Wildman–Crippen LogP) is 2.55. The third-order valence-electron chi connectivity index (χ3n) is 3.39. The highest BCUT2D eigenvalue weighted by Crippen LogP contribution is 2.19. The first kappa shape index (κ1) is 12.7. The average molecular weight is 271 g/mol. The smallest absolute Gasteiger partial charge is 0.302 e. The fourth-order valence-corrected chi connectivity index (χ4v) is 2.48. The number of aryl methyl sites for hydroxylation is 2. The molecule has 0 unspecified atom stereocenters. The second-order valence-corrected chi connectivity index (χ2v) is 4.89. The van der Waals surface area contributed by atoms with Crippen molar-refractivity contribution in [2.45, 2.75) is 26.8 Å². The Hall–Kier alpha value is -2.30. The largest absolute Gasteiger partial charge is 0.466 e. The van der Waals surface area contributed by atoms with E-state index in [1.165, 1.54) is 6.92 Å². The summed E-state index contributed by atoms with van der Waals surface area (Å²) < 4.78 is 9.24. The number of imidazole rings is 2. The summed E-state index contributed by atoms with van der Waals surface area (Å²) in [6, 6.07) is 8.09. The van der Waals surface area contributed by atoms with E-state index in [1.54, 1.807) is 0 Å². The maximum Gasteiger partial charge on any atom is 0.302 e. The van der Waals surface area contributed by atoms with Gasteiger partial charge in [-0.2, -0.15) is 0 Å². The number of benzene rings is 1. The van der Waals surface area contributed by atoms with Crippen molar-refractivity contribution in [3.05, 3.63) is 36.2 Å². The number of carbonyl (C=O) groups is 1. The van der Waals surface area contributed by atoms with Crippen molar-refractivity contribution in [2.75, 3.05) is 6.61 Å². The summed E-state index contributed by atoms with van der Waals surface area (Å²) in [6.07, 6.45) is 2.88. The van der Waals surface area contributed by atoms with Gasteiger partial charge in [0, 0.05) is 25.4 Å². The van der Waals surface area contributed by atoms with Crippen LogP contribution in [0.2, 0.25) is 0 Å². The summed E-state index contributed by atoms with van der Waals surface area (Å²) in [5.74, 6) is 0.706. The zero-order valence-electron chi connectivity index (χ0n) is 11.7. The molecular formula is C15H17N3O2. The van der Waals surface area contributed by atoms with Crippen LogP contribution in [0.25, 0.3) is 16.8 Å². The molecule has 0 aliphatic rings. The first-order valence-electron chi connectivity index (χ1n) is 6.73. The zero-order valence-corrected chi connectivity index (χ0v) is 11.7. The van der Waals surface area contributed by atoms with Gasteiger partial charge in [-0.05, 0) is 25.5 Å². The van der Waals surface area contributed by atoms with Crippen molar-refractivity contribution in [1.29, 1.82) is 0 Å². The molecule has 0 spiro atoms. The molecule has 0 radical (unpaired) electrons. The van der Waals surface area contributed by atoms with Crippen LogP contribution >= 0.6 is 0 Å². The van der Waals surface area contributed by atoms with Crippen LogP contribution in [0.15, 0.2) is 30.5 Å². The van der Waals surface area contributed by atoms with Crippen molar-refractivity contribution in [3.63, 3.8) is 0 Å².